The van der Waals surface area contributed by atoms with Gasteiger partial charge in [-0.2, -0.15) is 0 Å². The maximum absolute atomic E-state index is 13.5. The Bertz CT molecular complexity index is 1290. The van der Waals surface area contributed by atoms with Gasteiger partial charge in [0.05, 0.1) is 6.04 Å². The Hall–Kier alpha value is -3.47. The number of amides is 1. The Morgan fingerprint density at radius 3 is 0.892 bits per heavy atom. The number of nitrogens with two attached hydrogens (primary N) is 1. The Balaban J connectivity index is 5.34. The van der Waals surface area contributed by atoms with Gasteiger partial charge >= 0.3 is 23.9 Å². The quantitative estimate of drug-likeness (QED) is 0.0230. The number of nitrogens with one attached hydrogen (secondary N) is 1. The van der Waals surface area contributed by atoms with Crippen LogP contribution in [0.5, 0.6) is 0 Å². The van der Waals surface area contributed by atoms with Crippen LogP contribution in [0.25, 0.3) is 0 Å². The van der Waals surface area contributed by atoms with E-state index >= 15 is 0 Å². The van der Waals surface area contributed by atoms with E-state index in [9.17, 15) is 29.1 Å². The van der Waals surface area contributed by atoms with E-state index < -0.39 is 61.2 Å². The number of ether oxygens (including phenoxy) is 3. The fourth-order valence-electron chi connectivity index (χ4n) is 8.89. The number of rotatable bonds is 56. The van der Waals surface area contributed by atoms with Gasteiger partial charge in [0.25, 0.3) is 0 Å². The molecule has 0 aliphatic rings. The van der Waals surface area contributed by atoms with Crippen LogP contribution in [0.3, 0.4) is 0 Å². The summed E-state index contributed by atoms with van der Waals surface area (Å²) in [4.78, 5) is 64.4. The number of carboxylic acids is 1. The van der Waals surface area contributed by atoms with Crippen LogP contribution in [0, 0.1) is 0 Å². The van der Waals surface area contributed by atoms with Crippen molar-refractivity contribution in [3.05, 3.63) is 36.5 Å². The van der Waals surface area contributed by atoms with Gasteiger partial charge in [-0.25, -0.2) is 0 Å². The Morgan fingerprint density at radius 1 is 0.392 bits per heavy atom. The molecule has 0 aliphatic carbocycles. The third-order valence-electron chi connectivity index (χ3n) is 13.9. The van der Waals surface area contributed by atoms with Crippen molar-refractivity contribution in [2.75, 3.05) is 19.8 Å². The SMILES string of the molecule is CCCCCCCC/C=C\CCCCCCCC(=O)OCC(COC(=O)CCCCCCC/C=C\CCCCCCCC)(COC(=O)CCCCCCC/C=C\CCCCCCCC)NC(=O)[C@@H](N)CCC(=O)O. The van der Waals surface area contributed by atoms with Crippen LogP contribution < -0.4 is 11.1 Å². The van der Waals surface area contributed by atoms with Crippen molar-refractivity contribution < 1.29 is 43.3 Å². The van der Waals surface area contributed by atoms with E-state index in [0.717, 1.165) is 116 Å². The van der Waals surface area contributed by atoms with Gasteiger partial charge in [0, 0.05) is 25.7 Å². The first kappa shape index (κ1) is 70.5. The van der Waals surface area contributed by atoms with Crippen molar-refractivity contribution in [1.29, 1.82) is 0 Å². The van der Waals surface area contributed by atoms with Crippen molar-refractivity contribution in [3.8, 4) is 0 Å². The first-order valence-electron chi connectivity index (χ1n) is 30.8. The van der Waals surface area contributed by atoms with Gasteiger partial charge in [0.1, 0.15) is 25.4 Å². The highest BCUT2D eigenvalue weighted by Gasteiger charge is 2.39. The van der Waals surface area contributed by atoms with Gasteiger partial charge in [0.2, 0.25) is 5.91 Å². The molecule has 0 saturated heterocycles. The monoisotopic (exact) mass is 1040 g/mol. The first-order valence-corrected chi connectivity index (χ1v) is 30.8. The summed E-state index contributed by atoms with van der Waals surface area (Å²) in [5.41, 5.74) is 4.51. The van der Waals surface area contributed by atoms with E-state index in [4.69, 9.17) is 19.9 Å². The van der Waals surface area contributed by atoms with E-state index in [2.05, 4.69) is 62.5 Å². The van der Waals surface area contributed by atoms with Crippen LogP contribution in [0.4, 0.5) is 0 Å². The second kappa shape index (κ2) is 54.3. The molecule has 0 aliphatic heterocycles. The number of unbranched alkanes of at least 4 members (excludes halogenated alkanes) is 33. The maximum atomic E-state index is 13.5. The number of carbonyl (C=O) groups is 5. The first-order chi connectivity index (χ1) is 36.1. The molecule has 0 spiro atoms. The lowest BCUT2D eigenvalue weighted by Gasteiger charge is -2.34. The van der Waals surface area contributed by atoms with Crippen molar-refractivity contribution in [2.24, 2.45) is 5.73 Å². The van der Waals surface area contributed by atoms with E-state index in [1.165, 1.54) is 116 Å². The third kappa shape index (κ3) is 49.4. The van der Waals surface area contributed by atoms with E-state index in [1.807, 2.05) is 0 Å². The fraction of sp³-hybridized carbons (Fsp3) is 0.825. The standard InChI is InChI=1S/C63H114N2O9/c1-4-7-10-13-16-19-22-25-28-31-34-37-40-43-46-49-59(68)72-54-63(65-62(71)57(64)52-53-58(66)67,55-73-60(69)50-47-44-41-38-35-32-29-26-23-20-17-14-11-8-5-2)56-74-61(70)51-48-45-42-39-36-33-30-27-24-21-18-15-12-9-6-3/h25-30,57H,4-24,31-56,64H2,1-3H3,(H,65,71)(H,66,67)/b28-25-,29-26-,30-27-/t57-/m0/s1. The smallest absolute Gasteiger partial charge is 0.305 e. The number of hydrogen-bond acceptors (Lipinski definition) is 9. The largest absolute Gasteiger partial charge is 0.481 e. The zero-order valence-electron chi connectivity index (χ0n) is 48.1. The van der Waals surface area contributed by atoms with Crippen LogP contribution in [0.2, 0.25) is 0 Å². The minimum Gasteiger partial charge on any atom is -0.481 e. The van der Waals surface area contributed by atoms with E-state index in [0.29, 0.717) is 19.3 Å². The molecule has 0 heterocycles. The maximum Gasteiger partial charge on any atom is 0.305 e. The lowest BCUT2D eigenvalue weighted by molar-refractivity contribution is -0.159. The normalized spacial score (nSPS) is 12.3. The molecule has 1 amide bonds. The number of esters is 3. The van der Waals surface area contributed by atoms with Crippen molar-refractivity contribution in [3.63, 3.8) is 0 Å². The molecule has 1 atom stereocenters. The zero-order chi connectivity index (χ0) is 54.3. The number of carbonyl (C=O) groups excluding carboxylic acids is 4. The summed E-state index contributed by atoms with van der Waals surface area (Å²) in [7, 11) is 0. The molecule has 0 radical (unpaired) electrons. The summed E-state index contributed by atoms with van der Waals surface area (Å²) in [6, 6.07) is -1.21. The summed E-state index contributed by atoms with van der Waals surface area (Å²) < 4.78 is 17.3. The summed E-state index contributed by atoms with van der Waals surface area (Å²) in [6.45, 7) is 5.47. The van der Waals surface area contributed by atoms with E-state index in [-0.39, 0.29) is 32.1 Å². The molecular formula is C63H114N2O9. The molecule has 11 nitrogen and oxygen atoms in total. The molecular weight excluding hydrogens is 929 g/mol. The molecule has 0 aromatic rings. The van der Waals surface area contributed by atoms with Crippen LogP contribution in [-0.2, 0) is 38.2 Å². The average Bonchev–Trinajstić information content (AvgIpc) is 3.39. The number of allylic oxidation sites excluding steroid dienone is 6. The third-order valence-corrected chi connectivity index (χ3v) is 13.9. The van der Waals surface area contributed by atoms with Gasteiger partial charge in [-0.1, -0.05) is 211 Å². The van der Waals surface area contributed by atoms with E-state index in [1.54, 1.807) is 0 Å². The number of carboxylic acid groups (broad SMARTS) is 1. The second-order valence-corrected chi connectivity index (χ2v) is 21.3. The molecule has 0 rings (SSSR count). The highest BCUT2D eigenvalue weighted by molar-refractivity contribution is 5.83. The minimum absolute atomic E-state index is 0.142. The Kier molecular flexibility index (Phi) is 51.8. The highest BCUT2D eigenvalue weighted by Crippen LogP contribution is 2.18. The highest BCUT2D eigenvalue weighted by atomic mass is 16.6. The zero-order valence-corrected chi connectivity index (χ0v) is 48.1. The lowest BCUT2D eigenvalue weighted by Crippen LogP contribution is -2.62. The second-order valence-electron chi connectivity index (χ2n) is 21.3. The molecule has 11 heteroatoms. The molecule has 0 aromatic heterocycles. The van der Waals surface area contributed by atoms with Gasteiger partial charge in [-0.15, -0.1) is 0 Å². The lowest BCUT2D eigenvalue weighted by atomic mass is 10.0. The van der Waals surface area contributed by atoms with Gasteiger partial charge in [-0.3, -0.25) is 24.0 Å². The van der Waals surface area contributed by atoms with Crippen LogP contribution >= 0.6 is 0 Å². The minimum atomic E-state index is -1.63. The number of aliphatic carboxylic acids is 1. The van der Waals surface area contributed by atoms with Crippen LogP contribution in [-0.4, -0.2) is 66.3 Å². The van der Waals surface area contributed by atoms with Gasteiger partial charge in [0.15, 0.2) is 0 Å². The summed E-state index contributed by atoms with van der Waals surface area (Å²) in [5.74, 6) is -3.25. The van der Waals surface area contributed by atoms with Gasteiger partial charge < -0.3 is 30.4 Å². The average molecular weight is 1040 g/mol. The molecule has 0 aromatic carbocycles. The van der Waals surface area contributed by atoms with Crippen molar-refractivity contribution in [1.82, 2.24) is 5.32 Å². The summed E-state index contributed by atoms with van der Waals surface area (Å²) in [5, 5.41) is 12.0. The fourth-order valence-corrected chi connectivity index (χ4v) is 8.89. The molecule has 0 fully saturated rings. The Morgan fingerprint density at radius 2 is 0.635 bits per heavy atom. The molecule has 430 valence electrons. The Labute approximate surface area is 453 Å². The van der Waals surface area contributed by atoms with Gasteiger partial charge in [-0.05, 0) is 103 Å². The number of hydrogen-bond donors (Lipinski definition) is 3. The van der Waals surface area contributed by atoms with Crippen LogP contribution in [0.1, 0.15) is 303 Å². The molecule has 0 bridgehead atoms. The predicted octanol–water partition coefficient (Wildman–Crippen LogP) is 16.8. The molecule has 4 N–H and O–H groups in total. The van der Waals surface area contributed by atoms with Crippen molar-refractivity contribution in [2.45, 2.75) is 315 Å². The van der Waals surface area contributed by atoms with Crippen LogP contribution in [0.15, 0.2) is 36.5 Å². The summed E-state index contributed by atoms with van der Waals surface area (Å²) >= 11 is 0. The topological polar surface area (TPSA) is 171 Å². The molecule has 0 unspecified atom stereocenters. The van der Waals surface area contributed by atoms with Crippen molar-refractivity contribution >= 4 is 29.8 Å². The predicted molar refractivity (Wildman–Crippen MR) is 307 cm³/mol. The molecule has 74 heavy (non-hydrogen) atoms. The summed E-state index contributed by atoms with van der Waals surface area (Å²) in [6.07, 6.45) is 58.2. The molecule has 0 saturated carbocycles.